The second-order valence-corrected chi connectivity index (χ2v) is 8.78. The van der Waals surface area contributed by atoms with Crippen LogP contribution in [-0.4, -0.2) is 17.6 Å². The first kappa shape index (κ1) is 16.7. The molecule has 4 N–H and O–H groups in total. The van der Waals surface area contributed by atoms with Crippen LogP contribution in [0.5, 0.6) is 0 Å². The van der Waals surface area contributed by atoms with Crippen LogP contribution in [0.1, 0.15) is 32.1 Å². The number of guanidine groups is 2. The van der Waals surface area contributed by atoms with Gasteiger partial charge in [-0.2, -0.15) is 4.99 Å². The molecule has 118 valence electrons. The molecule has 22 heavy (non-hydrogen) atoms. The standard InChI is InChI=1S/C14H16BrI2N5/c15-8-6-9(16)11(10(17)7-8)22-13(19)20-12(18)21-14(22)4-2-1-3-5-14/h6-7H,1-5H2,(H4,18,19,20,21). The molecule has 5 nitrogen and oxygen atoms in total. The van der Waals surface area contributed by atoms with E-state index in [1.165, 1.54) is 6.42 Å². The molecule has 1 heterocycles. The largest absolute Gasteiger partial charge is 0.369 e. The minimum absolute atomic E-state index is 0.290. The topological polar surface area (TPSA) is 80.0 Å². The van der Waals surface area contributed by atoms with Gasteiger partial charge in [0.25, 0.3) is 0 Å². The van der Waals surface area contributed by atoms with Crippen molar-refractivity contribution in [2.24, 2.45) is 21.5 Å². The molecule has 1 aliphatic carbocycles. The van der Waals surface area contributed by atoms with E-state index in [4.69, 9.17) is 16.5 Å². The van der Waals surface area contributed by atoms with Gasteiger partial charge in [-0.15, -0.1) is 0 Å². The van der Waals surface area contributed by atoms with Crippen molar-refractivity contribution in [1.82, 2.24) is 0 Å². The van der Waals surface area contributed by atoms with Crippen LogP contribution in [0.2, 0.25) is 0 Å². The second kappa shape index (κ2) is 6.42. The summed E-state index contributed by atoms with van der Waals surface area (Å²) in [6.07, 6.45) is 5.39. The Morgan fingerprint density at radius 1 is 1.09 bits per heavy atom. The van der Waals surface area contributed by atoms with Gasteiger partial charge >= 0.3 is 0 Å². The molecular weight excluding hydrogens is 572 g/mol. The molecule has 8 heteroatoms. The zero-order valence-electron chi connectivity index (χ0n) is 11.8. The van der Waals surface area contributed by atoms with Gasteiger partial charge in [0.2, 0.25) is 11.9 Å². The molecule has 0 aromatic heterocycles. The molecule has 1 aromatic rings. The number of benzene rings is 1. The molecule has 0 radical (unpaired) electrons. The van der Waals surface area contributed by atoms with Crippen LogP contribution in [0.4, 0.5) is 5.69 Å². The Kier molecular flexibility index (Phi) is 4.89. The molecule has 0 unspecified atom stereocenters. The lowest BCUT2D eigenvalue weighted by Crippen LogP contribution is -2.58. The minimum Gasteiger partial charge on any atom is -0.369 e. The highest BCUT2D eigenvalue weighted by Crippen LogP contribution is 2.43. The van der Waals surface area contributed by atoms with Crippen LogP contribution < -0.4 is 16.4 Å². The highest BCUT2D eigenvalue weighted by molar-refractivity contribution is 14.1. The highest BCUT2D eigenvalue weighted by atomic mass is 127. The van der Waals surface area contributed by atoms with Gasteiger partial charge in [0, 0.05) is 11.6 Å². The van der Waals surface area contributed by atoms with E-state index < -0.39 is 0 Å². The zero-order chi connectivity index (χ0) is 15.9. The first-order chi connectivity index (χ1) is 10.4. The third-order valence-electron chi connectivity index (χ3n) is 4.06. The van der Waals surface area contributed by atoms with E-state index in [2.05, 4.69) is 83.1 Å². The Hall–Kier alpha value is -0.100. The van der Waals surface area contributed by atoms with Crippen LogP contribution in [0.3, 0.4) is 0 Å². The van der Waals surface area contributed by atoms with Crippen LogP contribution >= 0.6 is 61.1 Å². The van der Waals surface area contributed by atoms with Crippen LogP contribution in [0.15, 0.2) is 26.6 Å². The summed E-state index contributed by atoms with van der Waals surface area (Å²) in [5, 5.41) is 0. The fourth-order valence-electron chi connectivity index (χ4n) is 3.19. The molecule has 0 saturated heterocycles. The van der Waals surface area contributed by atoms with Gasteiger partial charge in [-0.1, -0.05) is 22.4 Å². The lowest BCUT2D eigenvalue weighted by Gasteiger charge is -2.46. The summed E-state index contributed by atoms with van der Waals surface area (Å²) in [4.78, 5) is 11.0. The fraction of sp³-hybridized carbons (Fsp3) is 0.429. The van der Waals surface area contributed by atoms with E-state index >= 15 is 0 Å². The Balaban J connectivity index is 2.16. The number of anilines is 1. The Morgan fingerprint density at radius 3 is 2.27 bits per heavy atom. The van der Waals surface area contributed by atoms with E-state index in [1.54, 1.807) is 0 Å². The van der Waals surface area contributed by atoms with Crippen molar-refractivity contribution in [3.63, 3.8) is 0 Å². The van der Waals surface area contributed by atoms with Gasteiger partial charge in [-0.3, -0.25) is 4.90 Å². The second-order valence-electron chi connectivity index (χ2n) is 5.54. The first-order valence-electron chi connectivity index (χ1n) is 7.07. The van der Waals surface area contributed by atoms with Gasteiger partial charge in [0.05, 0.1) is 5.69 Å². The van der Waals surface area contributed by atoms with Crippen molar-refractivity contribution < 1.29 is 0 Å². The SMILES string of the molecule is NC1=NC2(CCCCC2)N(c2c(I)cc(Br)cc2I)C(N)=N1. The van der Waals surface area contributed by atoms with Crippen molar-refractivity contribution in [2.45, 2.75) is 37.8 Å². The molecule has 0 bridgehead atoms. The van der Waals surface area contributed by atoms with Crippen LogP contribution in [0.25, 0.3) is 0 Å². The maximum absolute atomic E-state index is 6.28. The van der Waals surface area contributed by atoms with Crippen molar-refractivity contribution in [3.05, 3.63) is 23.7 Å². The van der Waals surface area contributed by atoms with E-state index in [-0.39, 0.29) is 11.6 Å². The molecule has 1 aliphatic heterocycles. The summed E-state index contributed by atoms with van der Waals surface area (Å²) in [5.41, 5.74) is 12.9. The maximum atomic E-state index is 6.28. The average Bonchev–Trinajstić information content (AvgIpc) is 2.41. The molecule has 1 spiro atoms. The Bertz CT molecular complexity index is 644. The quantitative estimate of drug-likeness (QED) is 0.491. The predicted molar refractivity (Wildman–Crippen MR) is 111 cm³/mol. The number of aliphatic imine (C=N–C) groups is 2. The number of halogens is 3. The monoisotopic (exact) mass is 587 g/mol. The molecular formula is C14H16BrI2N5. The molecule has 1 fully saturated rings. The summed E-state index contributed by atoms with van der Waals surface area (Å²) in [6, 6.07) is 4.17. The van der Waals surface area contributed by atoms with Crippen molar-refractivity contribution in [2.75, 3.05) is 4.90 Å². The number of hydrogen-bond acceptors (Lipinski definition) is 5. The fourth-order valence-corrected chi connectivity index (χ4v) is 6.76. The third kappa shape index (κ3) is 2.97. The third-order valence-corrected chi connectivity index (χ3v) is 6.16. The molecule has 0 atom stereocenters. The van der Waals surface area contributed by atoms with E-state index in [0.717, 1.165) is 43.0 Å². The maximum Gasteiger partial charge on any atom is 0.220 e. The van der Waals surface area contributed by atoms with Crippen LogP contribution in [-0.2, 0) is 0 Å². The number of hydrogen-bond donors (Lipinski definition) is 2. The first-order valence-corrected chi connectivity index (χ1v) is 10.0. The predicted octanol–water partition coefficient (Wildman–Crippen LogP) is 3.77. The average molecular weight is 588 g/mol. The summed E-state index contributed by atoms with van der Waals surface area (Å²) in [7, 11) is 0. The van der Waals surface area contributed by atoms with Gasteiger partial charge in [-0.05, 0) is 83.0 Å². The highest BCUT2D eigenvalue weighted by Gasteiger charge is 2.43. The van der Waals surface area contributed by atoms with Gasteiger partial charge in [-0.25, -0.2) is 4.99 Å². The molecule has 1 aromatic carbocycles. The van der Waals surface area contributed by atoms with Gasteiger partial charge in [0.1, 0.15) is 5.66 Å². The summed E-state index contributed by atoms with van der Waals surface area (Å²) in [6.45, 7) is 0. The normalized spacial score (nSPS) is 20.8. The van der Waals surface area contributed by atoms with Crippen molar-refractivity contribution >= 4 is 78.7 Å². The Morgan fingerprint density at radius 2 is 1.68 bits per heavy atom. The number of nitrogens with two attached hydrogens (primary N) is 2. The summed E-state index contributed by atoms with van der Waals surface area (Å²) < 4.78 is 3.29. The zero-order valence-corrected chi connectivity index (χ0v) is 17.7. The van der Waals surface area contributed by atoms with Crippen LogP contribution in [0, 0.1) is 7.14 Å². The van der Waals surface area contributed by atoms with E-state index in [1.807, 2.05) is 0 Å². The van der Waals surface area contributed by atoms with Crippen molar-refractivity contribution in [1.29, 1.82) is 0 Å². The van der Waals surface area contributed by atoms with Gasteiger partial charge < -0.3 is 11.5 Å². The Labute approximate surface area is 165 Å². The number of rotatable bonds is 1. The summed E-state index contributed by atoms with van der Waals surface area (Å²) in [5.74, 6) is 0.727. The smallest absolute Gasteiger partial charge is 0.220 e. The lowest BCUT2D eigenvalue weighted by atomic mass is 9.87. The minimum atomic E-state index is -0.387. The molecule has 2 aliphatic rings. The van der Waals surface area contributed by atoms with E-state index in [0.29, 0.717) is 5.96 Å². The van der Waals surface area contributed by atoms with Crippen molar-refractivity contribution in [3.8, 4) is 0 Å². The van der Waals surface area contributed by atoms with E-state index in [9.17, 15) is 0 Å². The lowest BCUT2D eigenvalue weighted by molar-refractivity contribution is 0.305. The molecule has 1 saturated carbocycles. The molecule has 3 rings (SSSR count). The summed E-state index contributed by atoms with van der Waals surface area (Å²) >= 11 is 8.23. The van der Waals surface area contributed by atoms with Gasteiger partial charge in [0.15, 0.2) is 0 Å². The number of nitrogens with zero attached hydrogens (tertiary/aromatic N) is 3. The molecule has 0 amide bonds.